The van der Waals surface area contributed by atoms with Crippen LogP contribution in [0.1, 0.15) is 28.2 Å². The van der Waals surface area contributed by atoms with Gasteiger partial charge in [0.25, 0.3) is 0 Å². The van der Waals surface area contributed by atoms with Crippen molar-refractivity contribution >= 4 is 45.0 Å². The quantitative estimate of drug-likeness (QED) is 0.316. The van der Waals surface area contributed by atoms with Crippen molar-refractivity contribution in [3.8, 4) is 11.5 Å². The van der Waals surface area contributed by atoms with E-state index < -0.39 is 5.92 Å². The minimum absolute atomic E-state index is 0. The number of hydrogen-bond acceptors (Lipinski definition) is 6. The number of halogens is 1. The number of carbonyl (C=O) groups excluding carboxylic acids is 1. The van der Waals surface area contributed by atoms with Crippen LogP contribution in [-0.2, 0) is 9.53 Å². The number of amides is 1. The predicted molar refractivity (Wildman–Crippen MR) is 151 cm³/mol. The number of nitrogens with zero attached hydrogens (tertiary/aromatic N) is 3. The molecule has 3 aromatic carbocycles. The fourth-order valence-corrected chi connectivity index (χ4v) is 6.08. The third-order valence-corrected chi connectivity index (χ3v) is 8.28. The molecule has 4 aromatic rings. The fraction of sp³-hybridized carbons (Fsp3) is 0.310. The molecule has 1 aromatic heterocycles. The Kier molecular flexibility index (Phi) is 7.49. The molecule has 0 saturated carbocycles. The van der Waals surface area contributed by atoms with Crippen LogP contribution in [0.2, 0.25) is 0 Å². The first-order valence-corrected chi connectivity index (χ1v) is 13.3. The van der Waals surface area contributed by atoms with Crippen LogP contribution in [-0.4, -0.2) is 55.2 Å². The van der Waals surface area contributed by atoms with Gasteiger partial charge in [0.15, 0.2) is 5.13 Å². The number of thiazole rings is 1. The standard InChI is InChI=1S/C29H29N3O3S.ClH/c1-19-11-12-25-27(20(19)2)30-29(36-25)32(14-13-31-15-17-34-18-16-31)28(33)26-21-7-3-5-9-23(21)35-24-10-6-4-8-22(24)26;/h3-12,26H,13-18H2,1-2H3;1H. The van der Waals surface area contributed by atoms with E-state index in [0.29, 0.717) is 6.54 Å². The van der Waals surface area contributed by atoms with Crippen LogP contribution in [0.15, 0.2) is 60.7 Å². The number of para-hydroxylation sites is 2. The van der Waals surface area contributed by atoms with Crippen LogP contribution in [0.5, 0.6) is 11.5 Å². The van der Waals surface area contributed by atoms with Crippen molar-refractivity contribution in [1.29, 1.82) is 0 Å². The summed E-state index contributed by atoms with van der Waals surface area (Å²) in [6.07, 6.45) is 0. The van der Waals surface area contributed by atoms with Crippen molar-refractivity contribution in [2.45, 2.75) is 19.8 Å². The highest BCUT2D eigenvalue weighted by atomic mass is 35.5. The monoisotopic (exact) mass is 535 g/mol. The Morgan fingerprint density at radius 1 is 1.00 bits per heavy atom. The van der Waals surface area contributed by atoms with E-state index in [2.05, 4.69) is 30.9 Å². The van der Waals surface area contributed by atoms with Crippen molar-refractivity contribution < 1.29 is 14.3 Å². The Labute approximate surface area is 227 Å². The zero-order valence-electron chi connectivity index (χ0n) is 21.0. The van der Waals surface area contributed by atoms with Crippen molar-refractivity contribution in [3.05, 3.63) is 82.9 Å². The topological polar surface area (TPSA) is 54.9 Å². The maximum atomic E-state index is 14.5. The van der Waals surface area contributed by atoms with E-state index in [0.717, 1.165) is 76.4 Å². The van der Waals surface area contributed by atoms with Gasteiger partial charge in [-0.2, -0.15) is 0 Å². The Hall–Kier alpha value is -2.97. The molecule has 0 aliphatic carbocycles. The van der Waals surface area contributed by atoms with Gasteiger partial charge in [0.1, 0.15) is 11.5 Å². The van der Waals surface area contributed by atoms with Crippen LogP contribution in [0.25, 0.3) is 10.2 Å². The van der Waals surface area contributed by atoms with E-state index in [1.54, 1.807) is 11.3 Å². The molecule has 8 heteroatoms. The molecule has 2 aliphatic rings. The van der Waals surface area contributed by atoms with E-state index in [9.17, 15) is 4.79 Å². The van der Waals surface area contributed by atoms with E-state index in [1.807, 2.05) is 53.4 Å². The summed E-state index contributed by atoms with van der Waals surface area (Å²) in [6.45, 7) is 8.76. The lowest BCUT2D eigenvalue weighted by Crippen LogP contribution is -2.44. The van der Waals surface area contributed by atoms with Crippen LogP contribution in [0, 0.1) is 13.8 Å². The van der Waals surface area contributed by atoms with Gasteiger partial charge >= 0.3 is 0 Å². The second kappa shape index (κ2) is 10.8. The Morgan fingerprint density at radius 3 is 2.32 bits per heavy atom. The molecule has 0 radical (unpaired) electrons. The first kappa shape index (κ1) is 25.7. The summed E-state index contributed by atoms with van der Waals surface area (Å²) < 4.78 is 12.8. The SMILES string of the molecule is Cc1ccc2sc(N(CCN3CCOCC3)C(=O)C3c4ccccc4Oc4ccccc43)nc2c1C.Cl. The number of aromatic nitrogens is 1. The van der Waals surface area contributed by atoms with Crippen molar-refractivity contribution in [2.24, 2.45) is 0 Å². The average Bonchev–Trinajstić information content (AvgIpc) is 3.34. The molecule has 0 atom stereocenters. The summed E-state index contributed by atoms with van der Waals surface area (Å²) in [4.78, 5) is 23.8. The largest absolute Gasteiger partial charge is 0.457 e. The second-order valence-corrected chi connectivity index (χ2v) is 10.4. The molecule has 192 valence electrons. The lowest BCUT2D eigenvalue weighted by molar-refractivity contribution is -0.119. The number of fused-ring (bicyclic) bond motifs is 3. The second-order valence-electron chi connectivity index (χ2n) is 9.41. The molecular weight excluding hydrogens is 506 g/mol. The summed E-state index contributed by atoms with van der Waals surface area (Å²) in [5.41, 5.74) is 5.14. The van der Waals surface area contributed by atoms with Crippen LogP contribution < -0.4 is 9.64 Å². The van der Waals surface area contributed by atoms with Crippen molar-refractivity contribution in [3.63, 3.8) is 0 Å². The highest BCUT2D eigenvalue weighted by molar-refractivity contribution is 7.22. The predicted octanol–water partition coefficient (Wildman–Crippen LogP) is 5.94. The lowest BCUT2D eigenvalue weighted by Gasteiger charge is -2.33. The minimum atomic E-state index is -0.453. The third kappa shape index (κ3) is 4.84. The van der Waals surface area contributed by atoms with Crippen LogP contribution >= 0.6 is 23.7 Å². The maximum Gasteiger partial charge on any atom is 0.241 e. The average molecular weight is 536 g/mol. The number of hydrogen-bond donors (Lipinski definition) is 0. The van der Waals surface area contributed by atoms with Crippen molar-refractivity contribution in [2.75, 3.05) is 44.3 Å². The normalized spacial score (nSPS) is 15.4. The molecule has 37 heavy (non-hydrogen) atoms. The number of carbonyl (C=O) groups is 1. The molecule has 6 rings (SSSR count). The first-order valence-electron chi connectivity index (χ1n) is 12.4. The van der Waals surface area contributed by atoms with Gasteiger partial charge < -0.3 is 9.47 Å². The van der Waals surface area contributed by atoms with Gasteiger partial charge in [-0.3, -0.25) is 14.6 Å². The smallest absolute Gasteiger partial charge is 0.241 e. The van der Waals surface area contributed by atoms with Crippen molar-refractivity contribution in [1.82, 2.24) is 9.88 Å². The summed E-state index contributed by atoms with van der Waals surface area (Å²) in [7, 11) is 0. The molecule has 0 bridgehead atoms. The van der Waals surface area contributed by atoms with Gasteiger partial charge in [0.2, 0.25) is 5.91 Å². The molecule has 3 heterocycles. The molecule has 1 saturated heterocycles. The molecule has 0 unspecified atom stereocenters. The highest BCUT2D eigenvalue weighted by Gasteiger charge is 2.36. The van der Waals surface area contributed by atoms with Gasteiger partial charge in [-0.15, -0.1) is 12.4 Å². The fourth-order valence-electron chi connectivity index (χ4n) is 5.03. The number of ether oxygens (including phenoxy) is 2. The van der Waals surface area contributed by atoms with E-state index in [1.165, 1.54) is 5.56 Å². The van der Waals surface area contributed by atoms with Gasteiger partial charge in [-0.25, -0.2) is 4.98 Å². The van der Waals surface area contributed by atoms with Crippen LogP contribution in [0.4, 0.5) is 5.13 Å². The molecule has 1 fully saturated rings. The Balaban J connectivity index is 0.00000280. The molecule has 1 amide bonds. The highest BCUT2D eigenvalue weighted by Crippen LogP contribution is 2.45. The summed E-state index contributed by atoms with van der Waals surface area (Å²) in [6, 6.07) is 20.0. The molecule has 2 aliphatic heterocycles. The number of anilines is 1. The minimum Gasteiger partial charge on any atom is -0.457 e. The number of morpholine rings is 1. The lowest BCUT2D eigenvalue weighted by atomic mass is 9.87. The molecule has 0 spiro atoms. The van der Waals surface area contributed by atoms with E-state index >= 15 is 0 Å². The molecule has 6 nitrogen and oxygen atoms in total. The Bertz CT molecular complexity index is 1390. The van der Waals surface area contributed by atoms with Crippen LogP contribution in [0.3, 0.4) is 0 Å². The molecule has 0 N–H and O–H groups in total. The van der Waals surface area contributed by atoms with Gasteiger partial charge in [0, 0.05) is 37.3 Å². The summed E-state index contributed by atoms with van der Waals surface area (Å²) in [5, 5.41) is 0.749. The van der Waals surface area contributed by atoms with Gasteiger partial charge in [0.05, 0.1) is 29.3 Å². The number of aryl methyl sites for hydroxylation is 2. The van der Waals surface area contributed by atoms with E-state index in [-0.39, 0.29) is 18.3 Å². The summed E-state index contributed by atoms with van der Waals surface area (Å²) >= 11 is 1.59. The first-order chi connectivity index (χ1) is 17.6. The zero-order chi connectivity index (χ0) is 24.6. The Morgan fingerprint density at radius 2 is 1.65 bits per heavy atom. The van der Waals surface area contributed by atoms with Gasteiger partial charge in [-0.1, -0.05) is 53.8 Å². The number of benzene rings is 3. The third-order valence-electron chi connectivity index (χ3n) is 7.24. The molecular formula is C29H30ClN3O3S. The number of rotatable bonds is 5. The maximum absolute atomic E-state index is 14.5. The summed E-state index contributed by atoms with van der Waals surface area (Å²) in [5.74, 6) is 1.04. The van der Waals surface area contributed by atoms with Gasteiger partial charge in [-0.05, 0) is 43.2 Å². The zero-order valence-corrected chi connectivity index (χ0v) is 22.6. The van der Waals surface area contributed by atoms with E-state index in [4.69, 9.17) is 14.5 Å².